The molecular weight excluding hydrogens is 275 g/mol. The molecule has 0 aliphatic carbocycles. The van der Waals surface area contributed by atoms with E-state index < -0.39 is 23.8 Å². The van der Waals surface area contributed by atoms with Gasteiger partial charge in [0.1, 0.15) is 6.04 Å². The Morgan fingerprint density at radius 3 is 2.60 bits per heavy atom. The van der Waals surface area contributed by atoms with E-state index in [0.29, 0.717) is 13.2 Å². The monoisotopic (exact) mass is 291 g/mol. The smallest absolute Gasteiger partial charge is 0.416 e. The van der Waals surface area contributed by atoms with E-state index in [4.69, 9.17) is 4.74 Å². The Bertz CT molecular complexity index is 449. The van der Waals surface area contributed by atoms with Crippen LogP contribution < -0.4 is 5.32 Å². The number of hydrogen-bond donors (Lipinski definition) is 1. The van der Waals surface area contributed by atoms with Crippen molar-refractivity contribution < 1.29 is 27.4 Å². The van der Waals surface area contributed by atoms with E-state index in [9.17, 15) is 18.0 Å². The number of ether oxygens (including phenoxy) is 2. The average Bonchev–Trinajstić information content (AvgIpc) is 2.42. The van der Waals surface area contributed by atoms with Gasteiger partial charge in [-0.1, -0.05) is 12.1 Å². The third-order valence-electron chi connectivity index (χ3n) is 2.64. The molecule has 0 amide bonds. The Morgan fingerprint density at radius 1 is 1.35 bits per heavy atom. The molecule has 0 saturated heterocycles. The maximum Gasteiger partial charge on any atom is 0.416 e. The number of nitrogens with one attached hydrogen (secondary N) is 1. The molecular formula is C13H16F3NO3. The summed E-state index contributed by atoms with van der Waals surface area (Å²) in [6, 6.07) is 3.62. The molecule has 0 bridgehead atoms. The van der Waals surface area contributed by atoms with Crippen molar-refractivity contribution in [3.63, 3.8) is 0 Å². The van der Waals surface area contributed by atoms with Crippen LogP contribution in [0.15, 0.2) is 24.3 Å². The van der Waals surface area contributed by atoms with Crippen LogP contribution >= 0.6 is 0 Å². The van der Waals surface area contributed by atoms with Crippen LogP contribution in [0.25, 0.3) is 0 Å². The minimum Gasteiger partial charge on any atom is -0.468 e. The summed E-state index contributed by atoms with van der Waals surface area (Å²) in [5.41, 5.74) is -0.611. The predicted octanol–water partition coefficient (Wildman–Crippen LogP) is 2.16. The maximum atomic E-state index is 12.7. The number of esters is 1. The lowest BCUT2D eigenvalue weighted by Gasteiger charge is -2.18. The number of alkyl halides is 3. The van der Waals surface area contributed by atoms with E-state index >= 15 is 0 Å². The molecule has 1 rings (SSSR count). The van der Waals surface area contributed by atoms with Crippen LogP contribution in [0.1, 0.15) is 17.2 Å². The molecule has 0 aromatic heterocycles. The van der Waals surface area contributed by atoms with E-state index in [2.05, 4.69) is 10.1 Å². The molecule has 1 aromatic carbocycles. The molecule has 7 heteroatoms. The van der Waals surface area contributed by atoms with E-state index in [1.807, 2.05) is 0 Å². The van der Waals surface area contributed by atoms with Crippen molar-refractivity contribution >= 4 is 5.97 Å². The summed E-state index contributed by atoms with van der Waals surface area (Å²) in [6.45, 7) is 0.638. The first-order chi connectivity index (χ1) is 9.40. The number of carbonyl (C=O) groups excluding carboxylic acids is 1. The number of carbonyl (C=O) groups is 1. The highest BCUT2D eigenvalue weighted by atomic mass is 19.4. The fourth-order valence-corrected chi connectivity index (χ4v) is 1.65. The zero-order valence-corrected chi connectivity index (χ0v) is 11.2. The Hall–Kier alpha value is -1.60. The van der Waals surface area contributed by atoms with Gasteiger partial charge in [0.15, 0.2) is 0 Å². The molecule has 4 nitrogen and oxygen atoms in total. The van der Waals surface area contributed by atoms with Crippen LogP contribution in [-0.4, -0.2) is 33.3 Å². The minimum absolute atomic E-state index is 0.197. The van der Waals surface area contributed by atoms with Gasteiger partial charge in [-0.05, 0) is 17.7 Å². The van der Waals surface area contributed by atoms with Crippen LogP contribution in [-0.2, 0) is 20.4 Å². The number of rotatable bonds is 6. The lowest BCUT2D eigenvalue weighted by atomic mass is 10.0. The molecule has 0 saturated carbocycles. The first-order valence-corrected chi connectivity index (χ1v) is 5.87. The van der Waals surface area contributed by atoms with Crippen LogP contribution in [0.3, 0.4) is 0 Å². The van der Waals surface area contributed by atoms with E-state index in [1.54, 1.807) is 0 Å². The van der Waals surface area contributed by atoms with Gasteiger partial charge < -0.3 is 9.47 Å². The van der Waals surface area contributed by atoms with Gasteiger partial charge in [0.05, 0.1) is 19.3 Å². The molecule has 1 unspecified atom stereocenters. The molecule has 0 spiro atoms. The maximum absolute atomic E-state index is 12.7. The zero-order valence-electron chi connectivity index (χ0n) is 11.2. The highest BCUT2D eigenvalue weighted by Crippen LogP contribution is 2.30. The lowest BCUT2D eigenvalue weighted by Crippen LogP contribution is -2.32. The van der Waals surface area contributed by atoms with Crippen molar-refractivity contribution in [2.75, 3.05) is 27.4 Å². The fourth-order valence-electron chi connectivity index (χ4n) is 1.65. The van der Waals surface area contributed by atoms with Crippen molar-refractivity contribution in [2.24, 2.45) is 0 Å². The van der Waals surface area contributed by atoms with Gasteiger partial charge in [-0.2, -0.15) is 13.2 Å². The Morgan fingerprint density at radius 2 is 2.05 bits per heavy atom. The largest absolute Gasteiger partial charge is 0.468 e. The van der Waals surface area contributed by atoms with Gasteiger partial charge >= 0.3 is 12.1 Å². The molecule has 112 valence electrons. The molecule has 0 fully saturated rings. The molecule has 1 N–H and O–H groups in total. The summed E-state index contributed by atoms with van der Waals surface area (Å²) >= 11 is 0. The third kappa shape index (κ3) is 4.50. The van der Waals surface area contributed by atoms with Gasteiger partial charge in [-0.25, -0.2) is 4.79 Å². The number of benzene rings is 1. The van der Waals surface area contributed by atoms with Crippen LogP contribution in [0.5, 0.6) is 0 Å². The van der Waals surface area contributed by atoms with Gasteiger partial charge in [0, 0.05) is 13.7 Å². The van der Waals surface area contributed by atoms with E-state index in [1.165, 1.54) is 26.4 Å². The highest BCUT2D eigenvalue weighted by molar-refractivity contribution is 5.77. The quantitative estimate of drug-likeness (QED) is 0.644. The predicted molar refractivity (Wildman–Crippen MR) is 66.1 cm³/mol. The second-order valence-corrected chi connectivity index (χ2v) is 4.03. The number of methoxy groups -OCH3 is 2. The van der Waals surface area contributed by atoms with Crippen molar-refractivity contribution in [3.8, 4) is 0 Å². The molecule has 1 atom stereocenters. The van der Waals surface area contributed by atoms with E-state index in [0.717, 1.165) is 12.1 Å². The summed E-state index contributed by atoms with van der Waals surface area (Å²) in [6.07, 6.45) is -4.46. The second kappa shape index (κ2) is 7.25. The third-order valence-corrected chi connectivity index (χ3v) is 2.64. The van der Waals surface area contributed by atoms with E-state index in [-0.39, 0.29) is 5.56 Å². The average molecular weight is 291 g/mol. The normalized spacial score (nSPS) is 13.1. The molecule has 0 aliphatic heterocycles. The minimum atomic E-state index is -4.46. The first kappa shape index (κ1) is 16.5. The van der Waals surface area contributed by atoms with Crippen molar-refractivity contribution in [2.45, 2.75) is 12.2 Å². The van der Waals surface area contributed by atoms with Crippen LogP contribution in [0.4, 0.5) is 13.2 Å². The second-order valence-electron chi connectivity index (χ2n) is 4.03. The lowest BCUT2D eigenvalue weighted by molar-refractivity contribution is -0.144. The number of halogens is 3. The van der Waals surface area contributed by atoms with Crippen molar-refractivity contribution in [1.82, 2.24) is 5.32 Å². The van der Waals surface area contributed by atoms with Crippen molar-refractivity contribution in [3.05, 3.63) is 35.4 Å². The van der Waals surface area contributed by atoms with Gasteiger partial charge in [0.25, 0.3) is 0 Å². The number of hydrogen-bond acceptors (Lipinski definition) is 4. The molecule has 0 heterocycles. The SMILES string of the molecule is COCCNC(C(=O)OC)c1cccc(C(F)(F)F)c1. The van der Waals surface area contributed by atoms with Gasteiger partial charge in [-0.3, -0.25) is 5.32 Å². The summed E-state index contributed by atoms with van der Waals surface area (Å²) in [7, 11) is 2.67. The molecule has 0 radical (unpaired) electrons. The van der Waals surface area contributed by atoms with Crippen molar-refractivity contribution in [1.29, 1.82) is 0 Å². The Kier molecular flexibility index (Phi) is 5.97. The zero-order chi connectivity index (χ0) is 15.2. The molecule has 0 aliphatic rings. The highest BCUT2D eigenvalue weighted by Gasteiger charge is 2.31. The standard InChI is InChI=1S/C13H16F3NO3/c1-19-7-6-17-11(12(18)20-2)9-4-3-5-10(8-9)13(14,15)16/h3-5,8,11,17H,6-7H2,1-2H3. The van der Waals surface area contributed by atoms with Gasteiger partial charge in [-0.15, -0.1) is 0 Å². The van der Waals surface area contributed by atoms with Gasteiger partial charge in [0.2, 0.25) is 0 Å². The Labute approximate surface area is 114 Å². The summed E-state index contributed by atoms with van der Waals surface area (Å²) in [5, 5.41) is 2.80. The summed E-state index contributed by atoms with van der Waals surface area (Å²) < 4.78 is 47.4. The fraction of sp³-hybridized carbons (Fsp3) is 0.462. The summed E-state index contributed by atoms with van der Waals surface area (Å²) in [5.74, 6) is -0.652. The van der Waals surface area contributed by atoms with Crippen LogP contribution in [0.2, 0.25) is 0 Å². The summed E-state index contributed by atoms with van der Waals surface area (Å²) in [4.78, 5) is 11.7. The first-order valence-electron chi connectivity index (χ1n) is 5.87. The van der Waals surface area contributed by atoms with Crippen LogP contribution in [0, 0.1) is 0 Å². The topological polar surface area (TPSA) is 47.6 Å². The Balaban J connectivity index is 2.98. The molecule has 20 heavy (non-hydrogen) atoms. The molecule has 1 aromatic rings.